The molecule has 0 aliphatic heterocycles. The second-order valence-corrected chi connectivity index (χ2v) is 6.13. The average Bonchev–Trinajstić information content (AvgIpc) is 2.91. The molecule has 0 fully saturated rings. The number of rotatable bonds is 6. The Morgan fingerprint density at radius 2 is 2.17 bits per heavy atom. The van der Waals surface area contributed by atoms with Gasteiger partial charge in [0.25, 0.3) is 0 Å². The van der Waals surface area contributed by atoms with E-state index in [2.05, 4.69) is 23.3 Å². The largest absolute Gasteiger partial charge is 0.395 e. The maximum Gasteiger partial charge on any atom is 0.318 e. The number of nitrogens with zero attached hydrogens (tertiary/aromatic N) is 3. The van der Waals surface area contributed by atoms with Gasteiger partial charge in [-0.1, -0.05) is 23.8 Å². The summed E-state index contributed by atoms with van der Waals surface area (Å²) in [5, 5.41) is 12.3. The summed E-state index contributed by atoms with van der Waals surface area (Å²) in [6.07, 6.45) is 3.53. The third-order valence-electron chi connectivity index (χ3n) is 4.14. The molecule has 1 heterocycles. The van der Waals surface area contributed by atoms with Crippen molar-refractivity contribution in [1.82, 2.24) is 19.8 Å². The minimum absolute atomic E-state index is 0.0875. The highest BCUT2D eigenvalue weighted by molar-refractivity contribution is 5.74. The van der Waals surface area contributed by atoms with Gasteiger partial charge in [0.1, 0.15) is 5.82 Å². The van der Waals surface area contributed by atoms with Gasteiger partial charge in [0, 0.05) is 26.0 Å². The maximum absolute atomic E-state index is 12.6. The number of aryl methyl sites for hydroxylation is 3. The van der Waals surface area contributed by atoms with Gasteiger partial charge in [-0.05, 0) is 31.9 Å². The van der Waals surface area contributed by atoms with E-state index in [9.17, 15) is 9.90 Å². The van der Waals surface area contributed by atoms with Crippen LogP contribution in [0.15, 0.2) is 30.6 Å². The van der Waals surface area contributed by atoms with Gasteiger partial charge < -0.3 is 19.9 Å². The Morgan fingerprint density at radius 1 is 1.42 bits per heavy atom. The number of imidazole rings is 1. The van der Waals surface area contributed by atoms with Crippen LogP contribution < -0.4 is 5.32 Å². The van der Waals surface area contributed by atoms with Crippen molar-refractivity contribution in [3.8, 4) is 0 Å². The quantitative estimate of drug-likeness (QED) is 0.854. The molecule has 1 unspecified atom stereocenters. The number of aliphatic hydroxyl groups is 1. The topological polar surface area (TPSA) is 70.4 Å². The van der Waals surface area contributed by atoms with Crippen molar-refractivity contribution >= 4 is 6.03 Å². The van der Waals surface area contributed by atoms with Crippen LogP contribution in [0.4, 0.5) is 4.79 Å². The van der Waals surface area contributed by atoms with Crippen LogP contribution >= 0.6 is 0 Å². The highest BCUT2D eigenvalue weighted by Crippen LogP contribution is 2.19. The number of hydrogen-bond acceptors (Lipinski definition) is 3. The first-order valence-electron chi connectivity index (χ1n) is 8.12. The molecule has 6 nitrogen and oxygen atoms in total. The van der Waals surface area contributed by atoms with Gasteiger partial charge >= 0.3 is 6.03 Å². The third kappa shape index (κ3) is 4.35. The van der Waals surface area contributed by atoms with Crippen molar-refractivity contribution in [1.29, 1.82) is 0 Å². The normalized spacial score (nSPS) is 12.0. The lowest BCUT2D eigenvalue weighted by molar-refractivity contribution is 0.169. The zero-order valence-electron chi connectivity index (χ0n) is 14.8. The van der Waals surface area contributed by atoms with Crippen LogP contribution in [0.2, 0.25) is 0 Å². The van der Waals surface area contributed by atoms with Crippen molar-refractivity contribution in [3.63, 3.8) is 0 Å². The SMILES string of the molecule is Cc1ccc(C(C)NC(=O)N(CCO)Cc2nccn2C)c(C)c1. The lowest BCUT2D eigenvalue weighted by Crippen LogP contribution is -2.42. The Kier molecular flexibility index (Phi) is 5.98. The molecule has 0 bridgehead atoms. The number of nitrogens with one attached hydrogen (secondary N) is 1. The number of urea groups is 1. The summed E-state index contributed by atoms with van der Waals surface area (Å²) in [4.78, 5) is 18.4. The zero-order valence-corrected chi connectivity index (χ0v) is 14.8. The van der Waals surface area contributed by atoms with Crippen LogP contribution in [0.5, 0.6) is 0 Å². The fraction of sp³-hybridized carbons (Fsp3) is 0.444. The number of benzene rings is 1. The minimum atomic E-state index is -0.209. The van der Waals surface area contributed by atoms with Crippen LogP contribution in [-0.4, -0.2) is 38.7 Å². The van der Waals surface area contributed by atoms with Crippen LogP contribution in [0.3, 0.4) is 0 Å². The van der Waals surface area contributed by atoms with Gasteiger partial charge in [0.05, 0.1) is 19.2 Å². The number of carbonyl (C=O) groups is 1. The van der Waals surface area contributed by atoms with Crippen LogP contribution in [0.25, 0.3) is 0 Å². The molecule has 0 saturated heterocycles. The van der Waals surface area contributed by atoms with E-state index in [0.29, 0.717) is 6.54 Å². The van der Waals surface area contributed by atoms with E-state index in [1.54, 1.807) is 11.1 Å². The highest BCUT2D eigenvalue weighted by Gasteiger charge is 2.19. The van der Waals surface area contributed by atoms with Gasteiger partial charge in [-0.2, -0.15) is 0 Å². The minimum Gasteiger partial charge on any atom is -0.395 e. The summed E-state index contributed by atoms with van der Waals surface area (Å²) in [5.74, 6) is 0.776. The Labute approximate surface area is 143 Å². The molecular weight excluding hydrogens is 304 g/mol. The summed E-state index contributed by atoms with van der Waals surface area (Å²) in [5.41, 5.74) is 3.45. The Hall–Kier alpha value is -2.34. The van der Waals surface area contributed by atoms with Crippen LogP contribution in [0.1, 0.15) is 35.5 Å². The molecule has 2 aromatic rings. The molecular formula is C18H26N4O2. The average molecular weight is 330 g/mol. The molecule has 130 valence electrons. The van der Waals surface area contributed by atoms with Crippen molar-refractivity contribution in [3.05, 3.63) is 53.1 Å². The molecule has 2 rings (SSSR count). The molecule has 24 heavy (non-hydrogen) atoms. The van der Waals surface area contributed by atoms with E-state index in [0.717, 1.165) is 17.0 Å². The van der Waals surface area contributed by atoms with E-state index in [1.165, 1.54) is 5.56 Å². The van der Waals surface area contributed by atoms with Gasteiger partial charge in [-0.15, -0.1) is 0 Å². The predicted octanol–water partition coefficient (Wildman–Crippen LogP) is 2.30. The zero-order chi connectivity index (χ0) is 17.7. The van der Waals surface area contributed by atoms with Crippen molar-refractivity contribution in [2.24, 2.45) is 7.05 Å². The van der Waals surface area contributed by atoms with Crippen molar-refractivity contribution in [2.45, 2.75) is 33.4 Å². The highest BCUT2D eigenvalue weighted by atomic mass is 16.3. The van der Waals surface area contributed by atoms with Gasteiger partial charge in [-0.3, -0.25) is 0 Å². The number of carbonyl (C=O) groups excluding carboxylic acids is 1. The van der Waals surface area contributed by atoms with Crippen LogP contribution in [-0.2, 0) is 13.6 Å². The molecule has 2 N–H and O–H groups in total. The molecule has 6 heteroatoms. The molecule has 0 saturated carbocycles. The van der Waals surface area contributed by atoms with Gasteiger partial charge in [0.15, 0.2) is 0 Å². The Bertz CT molecular complexity index is 696. The maximum atomic E-state index is 12.6. The summed E-state index contributed by atoms with van der Waals surface area (Å²) in [6, 6.07) is 5.88. The molecule has 1 atom stereocenters. The van der Waals surface area contributed by atoms with E-state index in [4.69, 9.17) is 0 Å². The van der Waals surface area contributed by atoms with Gasteiger partial charge in [0.2, 0.25) is 0 Å². The first-order chi connectivity index (χ1) is 11.4. The lowest BCUT2D eigenvalue weighted by atomic mass is 10.0. The fourth-order valence-corrected chi connectivity index (χ4v) is 2.76. The summed E-state index contributed by atoms with van der Waals surface area (Å²) < 4.78 is 1.87. The number of aliphatic hydroxyl groups excluding tert-OH is 1. The van der Waals surface area contributed by atoms with Crippen LogP contribution in [0, 0.1) is 13.8 Å². The summed E-state index contributed by atoms with van der Waals surface area (Å²) in [6.45, 7) is 6.59. The molecule has 1 aromatic heterocycles. The molecule has 0 aliphatic rings. The fourth-order valence-electron chi connectivity index (χ4n) is 2.76. The van der Waals surface area contributed by atoms with E-state index in [1.807, 2.05) is 43.8 Å². The van der Waals surface area contributed by atoms with Crippen molar-refractivity contribution in [2.75, 3.05) is 13.2 Å². The molecule has 2 amide bonds. The van der Waals surface area contributed by atoms with Gasteiger partial charge in [-0.25, -0.2) is 9.78 Å². The number of hydrogen-bond donors (Lipinski definition) is 2. The smallest absolute Gasteiger partial charge is 0.318 e. The summed E-state index contributed by atoms with van der Waals surface area (Å²) in [7, 11) is 1.88. The van der Waals surface area contributed by atoms with E-state index < -0.39 is 0 Å². The molecule has 1 aromatic carbocycles. The molecule has 0 radical (unpaired) electrons. The van der Waals surface area contributed by atoms with E-state index >= 15 is 0 Å². The second kappa shape index (κ2) is 7.97. The lowest BCUT2D eigenvalue weighted by Gasteiger charge is -2.25. The summed E-state index contributed by atoms with van der Waals surface area (Å²) >= 11 is 0. The third-order valence-corrected chi connectivity index (χ3v) is 4.14. The standard InChI is InChI=1S/C18H26N4O2/c1-13-5-6-16(14(2)11-13)15(3)20-18(24)22(9-10-23)12-17-19-7-8-21(17)4/h5-8,11,15,23H,9-10,12H2,1-4H3,(H,20,24). The number of amides is 2. The number of aromatic nitrogens is 2. The first kappa shape index (κ1) is 18.0. The Balaban J connectivity index is 2.07. The molecule has 0 spiro atoms. The van der Waals surface area contributed by atoms with E-state index in [-0.39, 0.29) is 25.2 Å². The van der Waals surface area contributed by atoms with Crippen molar-refractivity contribution < 1.29 is 9.90 Å². The monoisotopic (exact) mass is 330 g/mol. The predicted molar refractivity (Wildman–Crippen MR) is 93.6 cm³/mol. The second-order valence-electron chi connectivity index (χ2n) is 6.13. The first-order valence-corrected chi connectivity index (χ1v) is 8.12. The molecule has 0 aliphatic carbocycles. The Morgan fingerprint density at radius 3 is 2.75 bits per heavy atom.